The number of nitrogens with one attached hydrogen (secondary N) is 1. The summed E-state index contributed by atoms with van der Waals surface area (Å²) >= 11 is 0. The number of likely N-dealkylation sites (tertiary alicyclic amines) is 1. The molecule has 1 saturated heterocycles. The highest BCUT2D eigenvalue weighted by molar-refractivity contribution is 5.78. The minimum Gasteiger partial charge on any atom is -0.354 e. The molecule has 4 heteroatoms. The first-order valence-corrected chi connectivity index (χ1v) is 6.03. The average Bonchev–Trinajstić information content (AvgIpc) is 2.26. The molecule has 0 aromatic heterocycles. The number of amides is 1. The summed E-state index contributed by atoms with van der Waals surface area (Å²) in [5, 5.41) is 11.5. The molecule has 1 fully saturated rings. The molecular weight excluding hydrogens is 202 g/mol. The van der Waals surface area contributed by atoms with E-state index in [-0.39, 0.29) is 17.9 Å². The van der Waals surface area contributed by atoms with E-state index < -0.39 is 0 Å². The van der Waals surface area contributed by atoms with E-state index in [0.29, 0.717) is 6.42 Å². The monoisotopic (exact) mass is 223 g/mol. The highest BCUT2D eigenvalue weighted by Crippen LogP contribution is 2.17. The summed E-state index contributed by atoms with van der Waals surface area (Å²) in [6, 6.07) is 2.38. The number of nitrogens with zero attached hydrogens (tertiary/aromatic N) is 2. The number of hydrogen-bond donors (Lipinski definition) is 1. The van der Waals surface area contributed by atoms with Gasteiger partial charge in [0.2, 0.25) is 5.91 Å². The van der Waals surface area contributed by atoms with Gasteiger partial charge in [-0.15, -0.1) is 0 Å². The molecule has 1 N–H and O–H groups in total. The van der Waals surface area contributed by atoms with Crippen molar-refractivity contribution >= 4 is 5.91 Å². The van der Waals surface area contributed by atoms with E-state index in [4.69, 9.17) is 5.26 Å². The zero-order valence-corrected chi connectivity index (χ0v) is 10.2. The van der Waals surface area contributed by atoms with Gasteiger partial charge in [0.05, 0.1) is 6.07 Å². The second kappa shape index (κ2) is 6.49. The number of carbonyl (C=O) groups excluding carboxylic acids is 1. The Hall–Kier alpha value is -1.08. The lowest BCUT2D eigenvalue weighted by Gasteiger charge is -2.31. The second-order valence-corrected chi connectivity index (χ2v) is 4.69. The van der Waals surface area contributed by atoms with Gasteiger partial charge in [0.25, 0.3) is 0 Å². The third-order valence-corrected chi connectivity index (χ3v) is 2.93. The van der Waals surface area contributed by atoms with Crippen LogP contribution in [0.15, 0.2) is 0 Å². The molecule has 0 radical (unpaired) electrons. The van der Waals surface area contributed by atoms with Gasteiger partial charge in [-0.2, -0.15) is 5.26 Å². The lowest BCUT2D eigenvalue weighted by atomic mass is 9.95. The van der Waals surface area contributed by atoms with Gasteiger partial charge in [-0.1, -0.05) is 0 Å². The maximum absolute atomic E-state index is 11.7. The van der Waals surface area contributed by atoms with Crippen LogP contribution in [0, 0.1) is 17.2 Å². The van der Waals surface area contributed by atoms with Crippen LogP contribution in [0.1, 0.15) is 33.1 Å². The highest BCUT2D eigenvalue weighted by atomic mass is 16.1. The zero-order valence-electron chi connectivity index (χ0n) is 10.2. The van der Waals surface area contributed by atoms with Crippen LogP contribution in [0.3, 0.4) is 0 Å². The third-order valence-electron chi connectivity index (χ3n) is 2.93. The van der Waals surface area contributed by atoms with Crippen molar-refractivity contribution in [2.75, 3.05) is 19.6 Å². The molecule has 0 aromatic carbocycles. The Morgan fingerprint density at radius 2 is 2.12 bits per heavy atom. The van der Waals surface area contributed by atoms with Crippen molar-refractivity contribution in [3.8, 4) is 6.07 Å². The highest BCUT2D eigenvalue weighted by Gasteiger charge is 2.24. The predicted octanol–water partition coefficient (Wildman–Crippen LogP) is 1.14. The summed E-state index contributed by atoms with van der Waals surface area (Å²) in [4.78, 5) is 14.0. The molecule has 0 unspecified atom stereocenters. The lowest BCUT2D eigenvalue weighted by molar-refractivity contribution is -0.126. The summed E-state index contributed by atoms with van der Waals surface area (Å²) in [6.45, 7) is 6.70. The van der Waals surface area contributed by atoms with E-state index >= 15 is 0 Å². The zero-order chi connectivity index (χ0) is 12.0. The number of piperidine rings is 1. The minimum absolute atomic E-state index is 0.167. The molecule has 1 rings (SSSR count). The van der Waals surface area contributed by atoms with Crippen molar-refractivity contribution in [3.63, 3.8) is 0 Å². The van der Waals surface area contributed by atoms with Crippen LogP contribution < -0.4 is 5.32 Å². The molecule has 16 heavy (non-hydrogen) atoms. The van der Waals surface area contributed by atoms with Crippen LogP contribution in [-0.4, -0.2) is 36.5 Å². The Morgan fingerprint density at radius 3 is 2.62 bits per heavy atom. The molecule has 0 saturated carbocycles. The van der Waals surface area contributed by atoms with Crippen LogP contribution in [-0.2, 0) is 4.79 Å². The van der Waals surface area contributed by atoms with E-state index in [2.05, 4.69) is 16.3 Å². The standard InChI is InChI=1S/C12H21N3O/c1-10(2)14-12(16)11-4-8-15(9-5-11)7-3-6-13/h10-11H,3-5,7-9H2,1-2H3,(H,14,16). The van der Waals surface area contributed by atoms with Gasteiger partial charge in [0, 0.05) is 24.9 Å². The minimum atomic E-state index is 0.167. The Morgan fingerprint density at radius 1 is 1.50 bits per heavy atom. The summed E-state index contributed by atoms with van der Waals surface area (Å²) in [5.41, 5.74) is 0. The Bertz CT molecular complexity index is 262. The number of carbonyl (C=O) groups is 1. The quantitative estimate of drug-likeness (QED) is 0.777. The molecule has 90 valence electrons. The largest absolute Gasteiger partial charge is 0.354 e. The fraction of sp³-hybridized carbons (Fsp3) is 0.833. The normalized spacial score (nSPS) is 18.4. The molecule has 0 spiro atoms. The summed E-state index contributed by atoms with van der Waals surface area (Å²) in [5.74, 6) is 0.357. The molecule has 1 aliphatic heterocycles. The van der Waals surface area contributed by atoms with Gasteiger partial charge in [-0.3, -0.25) is 4.79 Å². The van der Waals surface area contributed by atoms with Gasteiger partial charge in [-0.25, -0.2) is 0 Å². The molecule has 1 aliphatic rings. The Kier molecular flexibility index (Phi) is 5.27. The fourth-order valence-electron chi connectivity index (χ4n) is 2.03. The maximum Gasteiger partial charge on any atom is 0.223 e. The van der Waals surface area contributed by atoms with Crippen molar-refractivity contribution in [1.82, 2.24) is 10.2 Å². The predicted molar refractivity (Wildman–Crippen MR) is 62.7 cm³/mol. The number of rotatable bonds is 4. The van der Waals surface area contributed by atoms with Gasteiger partial charge in [-0.05, 0) is 39.8 Å². The first kappa shape index (κ1) is 13.0. The van der Waals surface area contributed by atoms with E-state index in [0.717, 1.165) is 32.5 Å². The molecular formula is C12H21N3O. The number of hydrogen-bond acceptors (Lipinski definition) is 3. The molecule has 0 bridgehead atoms. The lowest BCUT2D eigenvalue weighted by Crippen LogP contribution is -2.42. The van der Waals surface area contributed by atoms with Gasteiger partial charge in [0.1, 0.15) is 0 Å². The molecule has 0 aromatic rings. The van der Waals surface area contributed by atoms with Crippen LogP contribution in [0.4, 0.5) is 0 Å². The second-order valence-electron chi connectivity index (χ2n) is 4.69. The van der Waals surface area contributed by atoms with E-state index in [9.17, 15) is 4.79 Å². The summed E-state index contributed by atoms with van der Waals surface area (Å²) < 4.78 is 0. The van der Waals surface area contributed by atoms with Crippen molar-refractivity contribution in [1.29, 1.82) is 5.26 Å². The summed E-state index contributed by atoms with van der Waals surface area (Å²) in [7, 11) is 0. The molecule has 0 atom stereocenters. The van der Waals surface area contributed by atoms with Crippen LogP contribution in [0.25, 0.3) is 0 Å². The molecule has 4 nitrogen and oxygen atoms in total. The van der Waals surface area contributed by atoms with Crippen LogP contribution in [0.5, 0.6) is 0 Å². The Balaban J connectivity index is 2.26. The van der Waals surface area contributed by atoms with E-state index in [1.165, 1.54) is 0 Å². The van der Waals surface area contributed by atoms with Crippen molar-refractivity contribution < 1.29 is 4.79 Å². The molecule has 1 amide bonds. The third kappa shape index (κ3) is 4.19. The average molecular weight is 223 g/mol. The van der Waals surface area contributed by atoms with Crippen LogP contribution >= 0.6 is 0 Å². The van der Waals surface area contributed by atoms with Gasteiger partial charge in [0.15, 0.2) is 0 Å². The van der Waals surface area contributed by atoms with E-state index in [1.54, 1.807) is 0 Å². The number of nitriles is 1. The first-order valence-electron chi connectivity index (χ1n) is 6.03. The molecule has 0 aliphatic carbocycles. The van der Waals surface area contributed by atoms with E-state index in [1.807, 2.05) is 13.8 Å². The molecule has 1 heterocycles. The van der Waals surface area contributed by atoms with Crippen LogP contribution in [0.2, 0.25) is 0 Å². The topological polar surface area (TPSA) is 56.1 Å². The van der Waals surface area contributed by atoms with Gasteiger partial charge >= 0.3 is 0 Å². The first-order chi connectivity index (χ1) is 7.63. The Labute approximate surface area is 97.6 Å². The van der Waals surface area contributed by atoms with Crippen molar-refractivity contribution in [3.05, 3.63) is 0 Å². The van der Waals surface area contributed by atoms with Crippen molar-refractivity contribution in [2.24, 2.45) is 5.92 Å². The summed E-state index contributed by atoms with van der Waals surface area (Å²) in [6.07, 6.45) is 2.43. The maximum atomic E-state index is 11.7. The van der Waals surface area contributed by atoms with Gasteiger partial charge < -0.3 is 10.2 Å². The fourth-order valence-corrected chi connectivity index (χ4v) is 2.03. The smallest absolute Gasteiger partial charge is 0.223 e. The SMILES string of the molecule is CC(C)NC(=O)C1CCN(CCC#N)CC1. The van der Waals surface area contributed by atoms with Crippen molar-refractivity contribution in [2.45, 2.75) is 39.2 Å².